The van der Waals surface area contributed by atoms with Crippen molar-refractivity contribution < 1.29 is 10.0 Å². The number of pyridine rings is 1. The van der Waals surface area contributed by atoms with Gasteiger partial charge in [0.2, 0.25) is 5.82 Å². The van der Waals surface area contributed by atoms with Gasteiger partial charge in [-0.2, -0.15) is 0 Å². The smallest absolute Gasteiger partial charge is 0.311 e. The molecule has 1 saturated carbocycles. The van der Waals surface area contributed by atoms with Gasteiger partial charge in [0.15, 0.2) is 0 Å². The number of aliphatic hydroxyl groups is 1. The van der Waals surface area contributed by atoms with E-state index in [2.05, 4.69) is 15.6 Å². The summed E-state index contributed by atoms with van der Waals surface area (Å²) in [6.45, 7) is 0. The van der Waals surface area contributed by atoms with Gasteiger partial charge in [-0.25, -0.2) is 4.98 Å². The van der Waals surface area contributed by atoms with E-state index in [4.69, 9.17) is 0 Å². The summed E-state index contributed by atoms with van der Waals surface area (Å²) in [6, 6.07) is 2.80. The van der Waals surface area contributed by atoms with E-state index >= 15 is 0 Å². The Morgan fingerprint density at radius 2 is 2.16 bits per heavy atom. The highest BCUT2D eigenvalue weighted by Gasteiger charge is 2.26. The Morgan fingerprint density at radius 1 is 1.42 bits per heavy atom. The Labute approximate surface area is 111 Å². The van der Waals surface area contributed by atoms with E-state index in [1.807, 2.05) is 0 Å². The Balaban J connectivity index is 2.23. The first-order chi connectivity index (χ1) is 9.11. The molecule has 0 bridgehead atoms. The lowest BCUT2D eigenvalue weighted by atomic mass is 9.92. The molecule has 19 heavy (non-hydrogen) atoms. The van der Waals surface area contributed by atoms with Gasteiger partial charge < -0.3 is 15.7 Å². The zero-order valence-corrected chi connectivity index (χ0v) is 10.8. The van der Waals surface area contributed by atoms with Gasteiger partial charge in [-0.1, -0.05) is 12.8 Å². The van der Waals surface area contributed by atoms with Gasteiger partial charge in [-0.3, -0.25) is 10.1 Å². The maximum absolute atomic E-state index is 11.0. The van der Waals surface area contributed by atoms with Crippen LogP contribution >= 0.6 is 0 Å². The van der Waals surface area contributed by atoms with Crippen LogP contribution in [0.15, 0.2) is 12.1 Å². The summed E-state index contributed by atoms with van der Waals surface area (Å²) >= 11 is 0. The quantitative estimate of drug-likeness (QED) is 0.567. The topological polar surface area (TPSA) is 100 Å². The lowest BCUT2D eigenvalue weighted by Gasteiger charge is -2.28. The van der Waals surface area contributed by atoms with E-state index in [-0.39, 0.29) is 17.5 Å². The van der Waals surface area contributed by atoms with E-state index in [1.165, 1.54) is 6.07 Å². The first-order valence-corrected chi connectivity index (χ1v) is 6.39. The number of rotatable bonds is 4. The van der Waals surface area contributed by atoms with Crippen molar-refractivity contribution in [2.75, 3.05) is 17.7 Å². The van der Waals surface area contributed by atoms with Gasteiger partial charge in [0.05, 0.1) is 17.1 Å². The monoisotopic (exact) mass is 266 g/mol. The van der Waals surface area contributed by atoms with Gasteiger partial charge in [0, 0.05) is 13.1 Å². The van der Waals surface area contributed by atoms with Crippen LogP contribution in [0.5, 0.6) is 0 Å². The molecule has 1 aliphatic carbocycles. The van der Waals surface area contributed by atoms with Crippen LogP contribution in [0, 0.1) is 10.1 Å². The molecule has 2 unspecified atom stereocenters. The summed E-state index contributed by atoms with van der Waals surface area (Å²) in [5.41, 5.74) is -0.0724. The molecule has 0 saturated heterocycles. The van der Waals surface area contributed by atoms with Crippen molar-refractivity contribution in [2.24, 2.45) is 0 Å². The molecule has 3 N–H and O–H groups in total. The predicted molar refractivity (Wildman–Crippen MR) is 72.3 cm³/mol. The number of hydrogen-bond donors (Lipinski definition) is 3. The van der Waals surface area contributed by atoms with Crippen LogP contribution in [0.25, 0.3) is 0 Å². The molecule has 0 radical (unpaired) electrons. The van der Waals surface area contributed by atoms with E-state index in [9.17, 15) is 15.2 Å². The summed E-state index contributed by atoms with van der Waals surface area (Å²) in [4.78, 5) is 14.7. The number of aromatic nitrogens is 1. The summed E-state index contributed by atoms with van der Waals surface area (Å²) in [7, 11) is 1.70. The number of anilines is 2. The molecule has 1 aromatic rings. The fourth-order valence-corrected chi connectivity index (χ4v) is 2.30. The molecule has 1 heterocycles. The molecule has 0 aliphatic heterocycles. The summed E-state index contributed by atoms with van der Waals surface area (Å²) in [6.07, 6.45) is 3.04. The zero-order valence-electron chi connectivity index (χ0n) is 10.8. The van der Waals surface area contributed by atoms with Crippen molar-refractivity contribution in [3.05, 3.63) is 22.2 Å². The van der Waals surface area contributed by atoms with E-state index in [1.54, 1.807) is 13.1 Å². The molecule has 0 spiro atoms. The van der Waals surface area contributed by atoms with Gasteiger partial charge in [0.25, 0.3) is 0 Å². The second kappa shape index (κ2) is 5.83. The Kier molecular flexibility index (Phi) is 4.16. The molecular formula is C12H18N4O3. The van der Waals surface area contributed by atoms with E-state index < -0.39 is 11.0 Å². The average Bonchev–Trinajstić information content (AvgIpc) is 2.41. The summed E-state index contributed by atoms with van der Waals surface area (Å²) in [5, 5.41) is 26.8. The molecular weight excluding hydrogens is 248 g/mol. The first kappa shape index (κ1) is 13.5. The number of nitrogens with one attached hydrogen (secondary N) is 2. The molecule has 0 amide bonds. The molecule has 1 aliphatic rings. The lowest BCUT2D eigenvalue weighted by molar-refractivity contribution is -0.384. The second-order valence-corrected chi connectivity index (χ2v) is 4.67. The van der Waals surface area contributed by atoms with Crippen LogP contribution < -0.4 is 10.6 Å². The van der Waals surface area contributed by atoms with E-state index in [0.29, 0.717) is 5.82 Å². The van der Waals surface area contributed by atoms with Crippen molar-refractivity contribution in [1.82, 2.24) is 4.98 Å². The molecule has 0 aromatic carbocycles. The highest BCUT2D eigenvalue weighted by Crippen LogP contribution is 2.28. The van der Waals surface area contributed by atoms with Crippen LogP contribution in [0.4, 0.5) is 17.3 Å². The van der Waals surface area contributed by atoms with Crippen LogP contribution in [-0.2, 0) is 0 Å². The zero-order chi connectivity index (χ0) is 13.8. The average molecular weight is 266 g/mol. The maximum atomic E-state index is 11.0. The number of hydrogen-bond acceptors (Lipinski definition) is 6. The van der Waals surface area contributed by atoms with Crippen molar-refractivity contribution in [2.45, 2.75) is 37.8 Å². The minimum Gasteiger partial charge on any atom is -0.391 e. The molecule has 2 atom stereocenters. The predicted octanol–water partition coefficient (Wildman–Crippen LogP) is 1.75. The first-order valence-electron chi connectivity index (χ1n) is 6.39. The largest absolute Gasteiger partial charge is 0.391 e. The molecule has 1 aromatic heterocycles. The van der Waals surface area contributed by atoms with Crippen LogP contribution in [0.2, 0.25) is 0 Å². The number of nitrogens with zero attached hydrogens (tertiary/aromatic N) is 2. The van der Waals surface area contributed by atoms with Gasteiger partial charge in [0.1, 0.15) is 5.82 Å². The van der Waals surface area contributed by atoms with Gasteiger partial charge >= 0.3 is 5.69 Å². The maximum Gasteiger partial charge on any atom is 0.311 e. The molecule has 104 valence electrons. The normalized spacial score (nSPS) is 22.8. The highest BCUT2D eigenvalue weighted by molar-refractivity contribution is 5.60. The van der Waals surface area contributed by atoms with Crippen LogP contribution in [-0.4, -0.2) is 34.2 Å². The standard InChI is InChI=1S/C12H18N4O3/c1-13-11-7-6-9(16(18)19)12(15-11)14-8-4-2-3-5-10(8)17/h6-8,10,17H,2-5H2,1H3,(H2,13,14,15). The minimum atomic E-state index is -0.478. The SMILES string of the molecule is CNc1ccc([N+](=O)[O-])c(NC2CCCCC2O)n1. The third-order valence-corrected chi connectivity index (χ3v) is 3.38. The van der Waals surface area contributed by atoms with Crippen molar-refractivity contribution in [3.63, 3.8) is 0 Å². The fourth-order valence-electron chi connectivity index (χ4n) is 2.30. The minimum absolute atomic E-state index is 0.0724. The Hall–Kier alpha value is -1.89. The molecule has 7 nitrogen and oxygen atoms in total. The van der Waals surface area contributed by atoms with Crippen molar-refractivity contribution in [3.8, 4) is 0 Å². The molecule has 7 heteroatoms. The highest BCUT2D eigenvalue weighted by atomic mass is 16.6. The van der Waals surface area contributed by atoms with Gasteiger partial charge in [-0.05, 0) is 18.9 Å². The Bertz CT molecular complexity index is 466. The molecule has 2 rings (SSSR count). The van der Waals surface area contributed by atoms with Gasteiger partial charge in [-0.15, -0.1) is 0 Å². The summed E-state index contributed by atoms with van der Waals surface area (Å²) in [5.74, 6) is 0.765. The fraction of sp³-hybridized carbons (Fsp3) is 0.583. The number of nitro groups is 1. The van der Waals surface area contributed by atoms with E-state index in [0.717, 1.165) is 25.7 Å². The second-order valence-electron chi connectivity index (χ2n) is 4.67. The summed E-state index contributed by atoms with van der Waals surface area (Å²) < 4.78 is 0. The van der Waals surface area contributed by atoms with Crippen LogP contribution in [0.3, 0.4) is 0 Å². The Morgan fingerprint density at radius 3 is 2.79 bits per heavy atom. The third kappa shape index (κ3) is 3.11. The van der Waals surface area contributed by atoms with Crippen LogP contribution in [0.1, 0.15) is 25.7 Å². The van der Waals surface area contributed by atoms with Crippen molar-refractivity contribution in [1.29, 1.82) is 0 Å². The third-order valence-electron chi connectivity index (χ3n) is 3.38. The number of aliphatic hydroxyl groups excluding tert-OH is 1. The van der Waals surface area contributed by atoms with Crippen molar-refractivity contribution >= 4 is 17.3 Å². The molecule has 1 fully saturated rings. The lowest BCUT2D eigenvalue weighted by Crippen LogP contribution is -2.36.